The van der Waals surface area contributed by atoms with E-state index in [4.69, 9.17) is 0 Å². The SMILES string of the molecule is CC(C)C(CO)NCc1nc(C2=Cc3ccccc3CC2)ccc1F. The van der Waals surface area contributed by atoms with Crippen molar-refractivity contribution in [3.8, 4) is 0 Å². The second-order valence-electron chi connectivity index (χ2n) is 6.91. The lowest BCUT2D eigenvalue weighted by atomic mass is 9.90. The Balaban J connectivity index is 1.81. The van der Waals surface area contributed by atoms with Crippen molar-refractivity contribution < 1.29 is 9.50 Å². The summed E-state index contributed by atoms with van der Waals surface area (Å²) >= 11 is 0. The number of halogens is 1. The molecule has 0 saturated carbocycles. The van der Waals surface area contributed by atoms with Gasteiger partial charge in [-0.2, -0.15) is 0 Å². The number of benzene rings is 1. The Morgan fingerprint density at radius 2 is 1.96 bits per heavy atom. The summed E-state index contributed by atoms with van der Waals surface area (Å²) in [4.78, 5) is 4.55. The van der Waals surface area contributed by atoms with Crippen LogP contribution in [0.1, 0.15) is 42.8 Å². The number of aliphatic hydroxyl groups excluding tert-OH is 1. The van der Waals surface area contributed by atoms with E-state index in [1.807, 2.05) is 19.9 Å². The maximum atomic E-state index is 14.1. The highest BCUT2D eigenvalue weighted by Crippen LogP contribution is 2.29. The Kier molecular flexibility index (Phi) is 5.61. The highest BCUT2D eigenvalue weighted by atomic mass is 19.1. The number of pyridine rings is 1. The third-order valence-corrected chi connectivity index (χ3v) is 4.83. The number of hydrogen-bond donors (Lipinski definition) is 2. The molecule has 2 aromatic rings. The average Bonchev–Trinajstić information content (AvgIpc) is 2.63. The largest absolute Gasteiger partial charge is 0.395 e. The van der Waals surface area contributed by atoms with Crippen LogP contribution < -0.4 is 5.32 Å². The van der Waals surface area contributed by atoms with Crippen molar-refractivity contribution in [3.05, 3.63) is 64.7 Å². The summed E-state index contributed by atoms with van der Waals surface area (Å²) in [5.74, 6) is -0.0395. The summed E-state index contributed by atoms with van der Waals surface area (Å²) in [6.45, 7) is 4.39. The molecule has 25 heavy (non-hydrogen) atoms. The number of rotatable bonds is 6. The van der Waals surface area contributed by atoms with Gasteiger partial charge in [-0.05, 0) is 53.7 Å². The lowest BCUT2D eigenvalue weighted by Crippen LogP contribution is -2.37. The highest BCUT2D eigenvalue weighted by Gasteiger charge is 2.16. The van der Waals surface area contributed by atoms with Gasteiger partial charge in [0.2, 0.25) is 0 Å². The van der Waals surface area contributed by atoms with Gasteiger partial charge in [-0.1, -0.05) is 38.1 Å². The summed E-state index contributed by atoms with van der Waals surface area (Å²) in [7, 11) is 0. The van der Waals surface area contributed by atoms with E-state index in [1.54, 1.807) is 6.07 Å². The van der Waals surface area contributed by atoms with Crippen LogP contribution in [0.25, 0.3) is 11.6 Å². The zero-order chi connectivity index (χ0) is 17.8. The quantitative estimate of drug-likeness (QED) is 0.840. The number of aryl methyl sites for hydroxylation is 1. The first-order valence-corrected chi connectivity index (χ1v) is 8.87. The molecule has 1 aromatic heterocycles. The molecular weight excluding hydrogens is 315 g/mol. The Labute approximate surface area is 148 Å². The minimum absolute atomic E-state index is 0.0287. The molecule has 1 atom stereocenters. The molecule has 1 aliphatic rings. The van der Waals surface area contributed by atoms with Crippen LogP contribution in [-0.2, 0) is 13.0 Å². The first-order valence-electron chi connectivity index (χ1n) is 8.87. The van der Waals surface area contributed by atoms with Crippen LogP contribution in [-0.4, -0.2) is 22.7 Å². The molecule has 132 valence electrons. The number of nitrogens with zero attached hydrogens (tertiary/aromatic N) is 1. The molecule has 3 rings (SSSR count). The molecule has 0 bridgehead atoms. The molecule has 4 heteroatoms. The third-order valence-electron chi connectivity index (χ3n) is 4.83. The molecule has 2 N–H and O–H groups in total. The van der Waals surface area contributed by atoms with Crippen molar-refractivity contribution in [3.63, 3.8) is 0 Å². The van der Waals surface area contributed by atoms with Crippen LogP contribution in [0.4, 0.5) is 4.39 Å². The third kappa shape index (κ3) is 4.14. The summed E-state index contributed by atoms with van der Waals surface area (Å²) in [6, 6.07) is 11.5. The summed E-state index contributed by atoms with van der Waals surface area (Å²) in [6.07, 6.45) is 4.04. The van der Waals surface area contributed by atoms with Gasteiger partial charge < -0.3 is 10.4 Å². The van der Waals surface area contributed by atoms with Gasteiger partial charge in [0, 0.05) is 12.6 Å². The number of aliphatic hydroxyl groups is 1. The topological polar surface area (TPSA) is 45.1 Å². The molecule has 3 nitrogen and oxygen atoms in total. The molecule has 1 unspecified atom stereocenters. The first kappa shape index (κ1) is 17.8. The minimum Gasteiger partial charge on any atom is -0.395 e. The maximum Gasteiger partial charge on any atom is 0.146 e. The van der Waals surface area contributed by atoms with E-state index < -0.39 is 0 Å². The van der Waals surface area contributed by atoms with Crippen molar-refractivity contribution in [1.82, 2.24) is 10.3 Å². The van der Waals surface area contributed by atoms with E-state index in [9.17, 15) is 9.50 Å². The van der Waals surface area contributed by atoms with E-state index in [0.29, 0.717) is 12.2 Å². The fraction of sp³-hybridized carbons (Fsp3) is 0.381. The zero-order valence-corrected chi connectivity index (χ0v) is 14.8. The molecule has 0 radical (unpaired) electrons. The van der Waals surface area contributed by atoms with Crippen LogP contribution in [0.5, 0.6) is 0 Å². The standard InChI is InChI=1S/C21H25FN2O/c1-14(2)21(13-25)23-12-20-18(22)9-10-19(24-20)17-8-7-15-5-3-4-6-16(15)11-17/h3-6,9-11,14,21,23,25H,7-8,12-13H2,1-2H3. The number of allylic oxidation sites excluding steroid dienone is 1. The second kappa shape index (κ2) is 7.89. The lowest BCUT2D eigenvalue weighted by Gasteiger charge is -2.20. The average molecular weight is 340 g/mol. The van der Waals surface area contributed by atoms with Crippen LogP contribution in [0, 0.1) is 11.7 Å². The molecule has 1 aliphatic carbocycles. The van der Waals surface area contributed by atoms with Crippen molar-refractivity contribution in [2.75, 3.05) is 6.61 Å². The van der Waals surface area contributed by atoms with E-state index >= 15 is 0 Å². The predicted molar refractivity (Wildman–Crippen MR) is 99.4 cm³/mol. The monoisotopic (exact) mass is 340 g/mol. The summed E-state index contributed by atoms with van der Waals surface area (Å²) < 4.78 is 14.1. The fourth-order valence-corrected chi connectivity index (χ4v) is 3.16. The van der Waals surface area contributed by atoms with Gasteiger partial charge in [0.1, 0.15) is 5.82 Å². The lowest BCUT2D eigenvalue weighted by molar-refractivity contribution is 0.209. The van der Waals surface area contributed by atoms with Crippen LogP contribution in [0.2, 0.25) is 0 Å². The molecule has 0 fully saturated rings. The Hall–Kier alpha value is -2.04. The van der Waals surface area contributed by atoms with Gasteiger partial charge in [-0.3, -0.25) is 0 Å². The van der Waals surface area contributed by atoms with E-state index in [0.717, 1.165) is 24.1 Å². The van der Waals surface area contributed by atoms with Crippen molar-refractivity contribution in [2.45, 2.75) is 39.3 Å². The van der Waals surface area contributed by atoms with E-state index in [1.165, 1.54) is 17.2 Å². The van der Waals surface area contributed by atoms with Gasteiger partial charge in [-0.15, -0.1) is 0 Å². The van der Waals surface area contributed by atoms with Crippen LogP contribution in [0.15, 0.2) is 36.4 Å². The van der Waals surface area contributed by atoms with E-state index in [2.05, 4.69) is 34.6 Å². The molecule has 0 saturated heterocycles. The van der Waals surface area contributed by atoms with Gasteiger partial charge in [-0.25, -0.2) is 9.37 Å². The van der Waals surface area contributed by atoms with Gasteiger partial charge >= 0.3 is 0 Å². The molecule has 0 aliphatic heterocycles. The molecular formula is C21H25FN2O. The summed E-state index contributed by atoms with van der Waals surface area (Å²) in [5, 5.41) is 12.6. The Morgan fingerprint density at radius 1 is 1.16 bits per heavy atom. The fourth-order valence-electron chi connectivity index (χ4n) is 3.16. The van der Waals surface area contributed by atoms with E-state index in [-0.39, 0.29) is 24.4 Å². The highest BCUT2D eigenvalue weighted by molar-refractivity contribution is 5.83. The molecule has 0 amide bonds. The maximum absolute atomic E-state index is 14.1. The number of nitrogens with one attached hydrogen (secondary N) is 1. The van der Waals surface area contributed by atoms with Crippen LogP contribution >= 0.6 is 0 Å². The zero-order valence-electron chi connectivity index (χ0n) is 14.8. The molecule has 1 aromatic carbocycles. The minimum atomic E-state index is -0.312. The number of fused-ring (bicyclic) bond motifs is 1. The Bertz CT molecular complexity index is 770. The number of hydrogen-bond acceptors (Lipinski definition) is 3. The van der Waals surface area contributed by atoms with Gasteiger partial charge in [0.15, 0.2) is 0 Å². The predicted octanol–water partition coefficient (Wildman–Crippen LogP) is 3.81. The normalized spacial score (nSPS) is 15.0. The summed E-state index contributed by atoms with van der Waals surface area (Å²) in [5.41, 5.74) is 4.93. The van der Waals surface area contributed by atoms with Gasteiger partial charge in [0.25, 0.3) is 0 Å². The first-order chi connectivity index (χ1) is 12.1. The smallest absolute Gasteiger partial charge is 0.146 e. The van der Waals surface area contributed by atoms with Gasteiger partial charge in [0.05, 0.1) is 18.0 Å². The van der Waals surface area contributed by atoms with Crippen molar-refractivity contribution >= 4 is 11.6 Å². The second-order valence-corrected chi connectivity index (χ2v) is 6.91. The van der Waals surface area contributed by atoms with Crippen molar-refractivity contribution in [1.29, 1.82) is 0 Å². The molecule has 1 heterocycles. The van der Waals surface area contributed by atoms with Crippen molar-refractivity contribution in [2.24, 2.45) is 5.92 Å². The number of aromatic nitrogens is 1. The Morgan fingerprint density at radius 3 is 2.72 bits per heavy atom. The van der Waals surface area contributed by atoms with Crippen LogP contribution in [0.3, 0.4) is 0 Å². The molecule has 0 spiro atoms.